The van der Waals surface area contributed by atoms with Crippen LogP contribution in [0, 0.1) is 6.92 Å². The monoisotopic (exact) mass is 278 g/mol. The molecule has 1 heteroatoms. The van der Waals surface area contributed by atoms with Crippen molar-refractivity contribution in [3.05, 3.63) is 77.4 Å². The van der Waals surface area contributed by atoms with Crippen molar-refractivity contribution in [1.82, 2.24) is 0 Å². The minimum atomic E-state index is 0.883. The summed E-state index contributed by atoms with van der Waals surface area (Å²) in [5.41, 5.74) is 4.91. The third-order valence-electron chi connectivity index (χ3n) is 3.36. The van der Waals surface area contributed by atoms with Crippen molar-refractivity contribution in [1.29, 1.82) is 0 Å². The number of rotatable bonds is 5. The van der Waals surface area contributed by atoms with Crippen LogP contribution in [0.4, 0.5) is 0 Å². The van der Waals surface area contributed by atoms with E-state index in [1.807, 2.05) is 12.1 Å². The van der Waals surface area contributed by atoms with Gasteiger partial charge >= 0.3 is 0 Å². The van der Waals surface area contributed by atoms with Crippen LogP contribution in [0.15, 0.2) is 60.7 Å². The molecular formula is C20H22O. The molecule has 21 heavy (non-hydrogen) atoms. The SMILES string of the molecule is CC/C=C\C(=C/c1ccc(OC)cc1)c1ccc(C)cc1. The second-order valence-electron chi connectivity index (χ2n) is 5.05. The van der Waals surface area contributed by atoms with Crippen LogP contribution in [0.5, 0.6) is 5.75 Å². The smallest absolute Gasteiger partial charge is 0.118 e. The van der Waals surface area contributed by atoms with Crippen LogP contribution in [0.1, 0.15) is 30.0 Å². The molecule has 0 saturated heterocycles. The lowest BCUT2D eigenvalue weighted by atomic mass is 10.0. The minimum absolute atomic E-state index is 0.883. The molecule has 0 radical (unpaired) electrons. The number of hydrogen-bond acceptors (Lipinski definition) is 1. The Bertz CT molecular complexity index is 616. The zero-order valence-corrected chi connectivity index (χ0v) is 13.0. The molecule has 2 aromatic carbocycles. The number of ether oxygens (including phenoxy) is 1. The molecule has 0 unspecified atom stereocenters. The summed E-state index contributed by atoms with van der Waals surface area (Å²) in [5, 5.41) is 0. The molecule has 0 atom stereocenters. The summed E-state index contributed by atoms with van der Waals surface area (Å²) in [6.07, 6.45) is 7.62. The lowest BCUT2D eigenvalue weighted by Crippen LogP contribution is -1.84. The topological polar surface area (TPSA) is 9.23 Å². The van der Waals surface area contributed by atoms with Crippen molar-refractivity contribution in [3.63, 3.8) is 0 Å². The van der Waals surface area contributed by atoms with E-state index >= 15 is 0 Å². The Balaban J connectivity index is 2.36. The molecule has 108 valence electrons. The Kier molecular flexibility index (Phi) is 5.39. The van der Waals surface area contributed by atoms with Crippen molar-refractivity contribution in [2.45, 2.75) is 20.3 Å². The second-order valence-corrected chi connectivity index (χ2v) is 5.05. The van der Waals surface area contributed by atoms with Gasteiger partial charge in [0.1, 0.15) is 5.75 Å². The summed E-state index contributed by atoms with van der Waals surface area (Å²) < 4.78 is 5.20. The van der Waals surface area contributed by atoms with Gasteiger partial charge in [0.05, 0.1) is 7.11 Å². The first-order valence-corrected chi connectivity index (χ1v) is 7.32. The Morgan fingerprint density at radius 2 is 1.67 bits per heavy atom. The molecule has 0 amide bonds. The van der Waals surface area contributed by atoms with Gasteiger partial charge in [0.2, 0.25) is 0 Å². The van der Waals surface area contributed by atoms with Gasteiger partial charge in [0.25, 0.3) is 0 Å². The lowest BCUT2D eigenvalue weighted by Gasteiger charge is -2.05. The molecule has 0 saturated carbocycles. The van der Waals surface area contributed by atoms with Gasteiger partial charge < -0.3 is 4.74 Å². The predicted octanol–water partition coefficient (Wildman–Crippen LogP) is 5.51. The van der Waals surface area contributed by atoms with Crippen LogP contribution in [0.25, 0.3) is 11.6 Å². The van der Waals surface area contributed by atoms with E-state index in [2.05, 4.69) is 68.5 Å². The summed E-state index contributed by atoms with van der Waals surface area (Å²) in [6.45, 7) is 4.26. The van der Waals surface area contributed by atoms with Crippen LogP contribution in [0.3, 0.4) is 0 Å². The molecule has 0 aromatic heterocycles. The van der Waals surface area contributed by atoms with E-state index in [4.69, 9.17) is 4.74 Å². The molecule has 2 rings (SSSR count). The lowest BCUT2D eigenvalue weighted by molar-refractivity contribution is 0.415. The van der Waals surface area contributed by atoms with Crippen LogP contribution < -0.4 is 4.74 Å². The third kappa shape index (κ3) is 4.35. The maximum absolute atomic E-state index is 5.20. The maximum Gasteiger partial charge on any atom is 0.118 e. The number of allylic oxidation sites excluding steroid dienone is 3. The highest BCUT2D eigenvalue weighted by Crippen LogP contribution is 2.22. The molecule has 0 fully saturated rings. The molecule has 0 heterocycles. The maximum atomic E-state index is 5.20. The molecule has 0 bridgehead atoms. The molecule has 0 aliphatic heterocycles. The van der Waals surface area contributed by atoms with Crippen LogP contribution >= 0.6 is 0 Å². The Morgan fingerprint density at radius 1 is 1.00 bits per heavy atom. The van der Waals surface area contributed by atoms with Gasteiger partial charge in [-0.3, -0.25) is 0 Å². The highest BCUT2D eigenvalue weighted by atomic mass is 16.5. The van der Waals surface area contributed by atoms with Crippen molar-refractivity contribution in [3.8, 4) is 5.75 Å². The Hall–Kier alpha value is -2.28. The van der Waals surface area contributed by atoms with Crippen LogP contribution in [0.2, 0.25) is 0 Å². The summed E-state index contributed by atoms with van der Waals surface area (Å²) in [6, 6.07) is 16.8. The highest BCUT2D eigenvalue weighted by Gasteiger charge is 1.99. The molecule has 1 nitrogen and oxygen atoms in total. The quantitative estimate of drug-likeness (QED) is 0.517. The number of hydrogen-bond donors (Lipinski definition) is 0. The second kappa shape index (κ2) is 7.49. The molecule has 0 spiro atoms. The average Bonchev–Trinajstić information content (AvgIpc) is 2.53. The average molecular weight is 278 g/mol. The van der Waals surface area contributed by atoms with Crippen molar-refractivity contribution >= 4 is 11.6 Å². The van der Waals surface area contributed by atoms with E-state index in [1.165, 1.54) is 22.3 Å². The van der Waals surface area contributed by atoms with E-state index in [0.717, 1.165) is 12.2 Å². The van der Waals surface area contributed by atoms with Crippen molar-refractivity contribution in [2.24, 2.45) is 0 Å². The fourth-order valence-electron chi connectivity index (χ4n) is 2.10. The first-order valence-electron chi connectivity index (χ1n) is 7.32. The summed E-state index contributed by atoms with van der Waals surface area (Å²) in [5.74, 6) is 0.883. The van der Waals surface area contributed by atoms with Crippen molar-refractivity contribution in [2.75, 3.05) is 7.11 Å². The van der Waals surface area contributed by atoms with Gasteiger partial charge in [-0.15, -0.1) is 0 Å². The van der Waals surface area contributed by atoms with Gasteiger partial charge in [-0.05, 0) is 48.3 Å². The zero-order valence-electron chi connectivity index (χ0n) is 13.0. The summed E-state index contributed by atoms with van der Waals surface area (Å²) in [4.78, 5) is 0. The van der Waals surface area contributed by atoms with Gasteiger partial charge in [-0.25, -0.2) is 0 Å². The highest BCUT2D eigenvalue weighted by molar-refractivity contribution is 5.87. The van der Waals surface area contributed by atoms with Crippen LogP contribution in [-0.2, 0) is 0 Å². The van der Waals surface area contributed by atoms with E-state index < -0.39 is 0 Å². The van der Waals surface area contributed by atoms with E-state index in [1.54, 1.807) is 7.11 Å². The summed E-state index contributed by atoms with van der Waals surface area (Å²) >= 11 is 0. The number of methoxy groups -OCH3 is 1. The third-order valence-corrected chi connectivity index (χ3v) is 3.36. The number of aryl methyl sites for hydroxylation is 1. The molecule has 0 N–H and O–H groups in total. The van der Waals surface area contributed by atoms with Gasteiger partial charge in [0.15, 0.2) is 0 Å². The minimum Gasteiger partial charge on any atom is -0.497 e. The van der Waals surface area contributed by atoms with Gasteiger partial charge in [0, 0.05) is 0 Å². The fourth-order valence-corrected chi connectivity index (χ4v) is 2.10. The largest absolute Gasteiger partial charge is 0.497 e. The Morgan fingerprint density at radius 3 is 2.24 bits per heavy atom. The number of benzene rings is 2. The van der Waals surface area contributed by atoms with Gasteiger partial charge in [-0.1, -0.05) is 61.0 Å². The standard InChI is InChI=1S/C20H22O/c1-4-5-6-19(18-11-7-16(2)8-12-18)15-17-9-13-20(21-3)14-10-17/h5-15H,4H2,1-3H3/b6-5-,19-15+. The molecule has 2 aromatic rings. The van der Waals surface area contributed by atoms with Gasteiger partial charge in [-0.2, -0.15) is 0 Å². The van der Waals surface area contributed by atoms with Crippen LogP contribution in [-0.4, -0.2) is 7.11 Å². The van der Waals surface area contributed by atoms with E-state index in [-0.39, 0.29) is 0 Å². The molecule has 0 aliphatic carbocycles. The first kappa shape index (κ1) is 15.1. The molecular weight excluding hydrogens is 256 g/mol. The normalized spacial score (nSPS) is 11.9. The Labute approximate surface area is 127 Å². The van der Waals surface area contributed by atoms with Crippen molar-refractivity contribution < 1.29 is 4.74 Å². The summed E-state index contributed by atoms with van der Waals surface area (Å²) in [7, 11) is 1.69. The van der Waals surface area contributed by atoms with E-state index in [0.29, 0.717) is 0 Å². The van der Waals surface area contributed by atoms with E-state index in [9.17, 15) is 0 Å². The fraction of sp³-hybridized carbons (Fsp3) is 0.200. The predicted molar refractivity (Wildman–Crippen MR) is 91.5 cm³/mol. The molecule has 0 aliphatic rings. The first-order chi connectivity index (χ1) is 10.2. The zero-order chi connectivity index (χ0) is 15.1.